The Balaban J connectivity index is 1.71. The summed E-state index contributed by atoms with van der Waals surface area (Å²) < 4.78 is 31.0. The first-order chi connectivity index (χ1) is 12.0. The second kappa shape index (κ2) is 7.20. The molecule has 3 rings (SSSR count). The number of hydrogen-bond acceptors (Lipinski definition) is 6. The Morgan fingerprint density at radius 3 is 2.36 bits per heavy atom. The molecule has 0 radical (unpaired) electrons. The Hall–Kier alpha value is -2.45. The normalized spacial score (nSPS) is 15.1. The van der Waals surface area contributed by atoms with Gasteiger partial charge in [0, 0.05) is 25.0 Å². The van der Waals surface area contributed by atoms with Crippen molar-refractivity contribution in [2.75, 3.05) is 25.5 Å². The maximum atomic E-state index is 12.5. The average molecular weight is 361 g/mol. The number of rotatable bonds is 5. The molecule has 0 unspecified atom stereocenters. The molecule has 132 valence electrons. The Morgan fingerprint density at radius 1 is 1.12 bits per heavy atom. The van der Waals surface area contributed by atoms with Crippen LogP contribution in [0.4, 0.5) is 11.5 Å². The summed E-state index contributed by atoms with van der Waals surface area (Å²) in [5.74, 6) is 0.118. The zero-order valence-electron chi connectivity index (χ0n) is 13.8. The van der Waals surface area contributed by atoms with Gasteiger partial charge in [-0.15, -0.1) is 0 Å². The standard InChI is InChI=1S/C17H19N3O4S/c1-24-17(21)13-4-6-14(7-5-13)19-16-9-8-15(12-18-16)25(22,23)20-10-2-3-11-20/h4-9,12H,2-3,10-11H2,1H3,(H,18,19). The summed E-state index contributed by atoms with van der Waals surface area (Å²) in [6, 6.07) is 9.90. The van der Waals surface area contributed by atoms with Crippen LogP contribution in [-0.4, -0.2) is 43.9 Å². The van der Waals surface area contributed by atoms with Crippen LogP contribution in [-0.2, 0) is 14.8 Å². The SMILES string of the molecule is COC(=O)c1ccc(Nc2ccc(S(=O)(=O)N3CCCC3)cn2)cc1. The van der Waals surface area contributed by atoms with Gasteiger partial charge in [0.25, 0.3) is 0 Å². The lowest BCUT2D eigenvalue weighted by molar-refractivity contribution is 0.0601. The third-order valence-electron chi connectivity index (χ3n) is 4.02. The Bertz CT molecular complexity index is 842. The van der Waals surface area contributed by atoms with Gasteiger partial charge in [0.15, 0.2) is 0 Å². The summed E-state index contributed by atoms with van der Waals surface area (Å²) in [6.45, 7) is 1.13. The van der Waals surface area contributed by atoms with Gasteiger partial charge in [-0.1, -0.05) is 0 Å². The summed E-state index contributed by atoms with van der Waals surface area (Å²) in [6.07, 6.45) is 3.15. The molecular formula is C17H19N3O4S. The number of pyridine rings is 1. The molecule has 0 saturated carbocycles. The Labute approximate surface area is 146 Å². The molecule has 1 aromatic carbocycles. The van der Waals surface area contributed by atoms with E-state index >= 15 is 0 Å². The van der Waals surface area contributed by atoms with Crippen LogP contribution in [0.15, 0.2) is 47.5 Å². The second-order valence-corrected chi connectivity index (χ2v) is 7.62. The average Bonchev–Trinajstić information content (AvgIpc) is 3.18. The van der Waals surface area contributed by atoms with Crippen LogP contribution >= 0.6 is 0 Å². The topological polar surface area (TPSA) is 88.6 Å². The maximum Gasteiger partial charge on any atom is 0.337 e. The molecule has 0 spiro atoms. The van der Waals surface area contributed by atoms with Crippen LogP contribution in [0, 0.1) is 0 Å². The molecule has 1 aliphatic heterocycles. The molecule has 1 N–H and O–H groups in total. The molecule has 1 fully saturated rings. The number of benzene rings is 1. The van der Waals surface area contributed by atoms with Crippen molar-refractivity contribution in [1.82, 2.24) is 9.29 Å². The molecule has 1 aromatic heterocycles. The molecule has 2 aromatic rings. The lowest BCUT2D eigenvalue weighted by atomic mass is 10.2. The van der Waals surface area contributed by atoms with Gasteiger partial charge in [0.05, 0.1) is 12.7 Å². The summed E-state index contributed by atoms with van der Waals surface area (Å²) in [5, 5.41) is 3.06. The van der Waals surface area contributed by atoms with Crippen molar-refractivity contribution >= 4 is 27.5 Å². The minimum atomic E-state index is -3.45. The van der Waals surface area contributed by atoms with Crippen LogP contribution in [0.3, 0.4) is 0 Å². The molecule has 2 heterocycles. The van der Waals surface area contributed by atoms with Crippen molar-refractivity contribution in [3.63, 3.8) is 0 Å². The van der Waals surface area contributed by atoms with E-state index in [9.17, 15) is 13.2 Å². The summed E-state index contributed by atoms with van der Waals surface area (Å²) in [5.41, 5.74) is 1.18. The number of carbonyl (C=O) groups excluding carboxylic acids is 1. The third-order valence-corrected chi connectivity index (χ3v) is 5.90. The van der Waals surface area contributed by atoms with E-state index in [4.69, 9.17) is 0 Å². The fourth-order valence-corrected chi connectivity index (χ4v) is 4.10. The summed E-state index contributed by atoms with van der Waals surface area (Å²) >= 11 is 0. The van der Waals surface area contributed by atoms with Crippen molar-refractivity contribution in [2.45, 2.75) is 17.7 Å². The number of nitrogens with zero attached hydrogens (tertiary/aromatic N) is 2. The summed E-state index contributed by atoms with van der Waals surface area (Å²) in [7, 11) is -2.13. The maximum absolute atomic E-state index is 12.5. The lowest BCUT2D eigenvalue weighted by Gasteiger charge is -2.15. The van der Waals surface area contributed by atoms with Gasteiger partial charge in [0.2, 0.25) is 10.0 Å². The molecule has 0 atom stereocenters. The van der Waals surface area contributed by atoms with E-state index < -0.39 is 16.0 Å². The van der Waals surface area contributed by atoms with Crippen molar-refractivity contribution < 1.29 is 17.9 Å². The number of esters is 1. The Morgan fingerprint density at radius 2 is 1.80 bits per heavy atom. The van der Waals surface area contributed by atoms with Crippen molar-refractivity contribution in [3.8, 4) is 0 Å². The highest BCUT2D eigenvalue weighted by atomic mass is 32.2. The number of carbonyl (C=O) groups is 1. The van der Waals surface area contributed by atoms with Crippen LogP contribution < -0.4 is 5.32 Å². The van der Waals surface area contributed by atoms with Crippen molar-refractivity contribution in [3.05, 3.63) is 48.2 Å². The largest absolute Gasteiger partial charge is 0.465 e. The first kappa shape index (κ1) is 17.4. The molecule has 1 aliphatic rings. The number of ether oxygens (including phenoxy) is 1. The van der Waals surface area contributed by atoms with Gasteiger partial charge >= 0.3 is 5.97 Å². The number of sulfonamides is 1. The smallest absolute Gasteiger partial charge is 0.337 e. The second-order valence-electron chi connectivity index (χ2n) is 5.68. The predicted octanol–water partition coefficient (Wildman–Crippen LogP) is 2.40. The van der Waals surface area contributed by atoms with Gasteiger partial charge in [0.1, 0.15) is 10.7 Å². The minimum Gasteiger partial charge on any atom is -0.465 e. The number of hydrogen-bond donors (Lipinski definition) is 1. The van der Waals surface area contributed by atoms with Gasteiger partial charge < -0.3 is 10.1 Å². The lowest BCUT2D eigenvalue weighted by Crippen LogP contribution is -2.27. The number of aromatic nitrogens is 1. The van der Waals surface area contributed by atoms with Crippen molar-refractivity contribution in [1.29, 1.82) is 0 Å². The van der Waals surface area contributed by atoms with Crippen LogP contribution in [0.2, 0.25) is 0 Å². The molecular weight excluding hydrogens is 342 g/mol. The van der Waals surface area contributed by atoms with E-state index in [-0.39, 0.29) is 4.90 Å². The van der Waals surface area contributed by atoms with E-state index in [0.29, 0.717) is 24.5 Å². The van der Waals surface area contributed by atoms with Crippen LogP contribution in [0.25, 0.3) is 0 Å². The van der Waals surface area contributed by atoms with Gasteiger partial charge in [-0.25, -0.2) is 18.2 Å². The fraction of sp³-hybridized carbons (Fsp3) is 0.294. The van der Waals surface area contributed by atoms with E-state index in [1.54, 1.807) is 36.4 Å². The number of anilines is 2. The van der Waals surface area contributed by atoms with Crippen LogP contribution in [0.5, 0.6) is 0 Å². The monoisotopic (exact) mass is 361 g/mol. The van der Waals surface area contributed by atoms with E-state index in [1.165, 1.54) is 17.6 Å². The highest BCUT2D eigenvalue weighted by Crippen LogP contribution is 2.22. The van der Waals surface area contributed by atoms with Crippen LogP contribution in [0.1, 0.15) is 23.2 Å². The molecule has 0 bridgehead atoms. The molecule has 1 saturated heterocycles. The van der Waals surface area contributed by atoms with E-state index in [0.717, 1.165) is 18.5 Å². The molecule has 25 heavy (non-hydrogen) atoms. The first-order valence-electron chi connectivity index (χ1n) is 7.92. The highest BCUT2D eigenvalue weighted by Gasteiger charge is 2.27. The molecule has 0 aliphatic carbocycles. The number of nitrogens with one attached hydrogen (secondary N) is 1. The Kier molecular flexibility index (Phi) is 5.00. The zero-order valence-corrected chi connectivity index (χ0v) is 14.6. The summed E-state index contributed by atoms with van der Waals surface area (Å²) in [4.78, 5) is 15.8. The molecule has 0 amide bonds. The van der Waals surface area contributed by atoms with Gasteiger partial charge in [-0.2, -0.15) is 4.31 Å². The van der Waals surface area contributed by atoms with Gasteiger partial charge in [-0.3, -0.25) is 0 Å². The zero-order chi connectivity index (χ0) is 17.9. The van der Waals surface area contributed by atoms with E-state index in [2.05, 4.69) is 15.0 Å². The third kappa shape index (κ3) is 3.80. The minimum absolute atomic E-state index is 0.195. The molecule has 7 nitrogen and oxygen atoms in total. The number of methoxy groups -OCH3 is 1. The quantitative estimate of drug-likeness (QED) is 0.823. The van der Waals surface area contributed by atoms with Gasteiger partial charge in [-0.05, 0) is 49.2 Å². The van der Waals surface area contributed by atoms with Crippen molar-refractivity contribution in [2.24, 2.45) is 0 Å². The molecule has 8 heteroatoms. The predicted molar refractivity (Wildman–Crippen MR) is 93.3 cm³/mol. The van der Waals surface area contributed by atoms with E-state index in [1.807, 2.05) is 0 Å². The first-order valence-corrected chi connectivity index (χ1v) is 9.36. The fourth-order valence-electron chi connectivity index (χ4n) is 2.64. The highest BCUT2D eigenvalue weighted by molar-refractivity contribution is 7.89.